The average Bonchev–Trinajstić information content (AvgIpc) is 2.60. The maximum Gasteiger partial charge on any atom is 0.219 e. The Morgan fingerprint density at radius 2 is 1.78 bits per heavy atom. The van der Waals surface area contributed by atoms with Gasteiger partial charge in [-0.2, -0.15) is 0 Å². The maximum atomic E-state index is 11.4. The summed E-state index contributed by atoms with van der Waals surface area (Å²) in [5.74, 6) is 0.193. The molecule has 0 radical (unpaired) electrons. The highest BCUT2D eigenvalue weighted by molar-refractivity contribution is 5.73. The number of amides is 1. The van der Waals surface area contributed by atoms with Crippen LogP contribution in [0.4, 0.5) is 0 Å². The van der Waals surface area contributed by atoms with Gasteiger partial charge in [0.1, 0.15) is 0 Å². The number of rotatable bonds is 4. The summed E-state index contributed by atoms with van der Waals surface area (Å²) in [6.07, 6.45) is 5.04. The van der Waals surface area contributed by atoms with Gasteiger partial charge in [0.2, 0.25) is 5.91 Å². The predicted molar refractivity (Wildman–Crippen MR) is 76.2 cm³/mol. The Hall–Kier alpha value is -1.25. The van der Waals surface area contributed by atoms with E-state index in [9.17, 15) is 4.79 Å². The fourth-order valence-electron chi connectivity index (χ4n) is 2.42. The monoisotopic (exact) mass is 250 g/mol. The molecule has 1 amide bonds. The van der Waals surface area contributed by atoms with Crippen LogP contribution in [0.3, 0.4) is 0 Å². The highest BCUT2D eigenvalue weighted by Crippen LogP contribution is 2.19. The van der Waals surface area contributed by atoms with Crippen molar-refractivity contribution in [3.8, 4) is 0 Å². The Kier molecular flexibility index (Phi) is 5.96. The van der Waals surface area contributed by atoms with E-state index >= 15 is 0 Å². The summed E-state index contributed by atoms with van der Waals surface area (Å²) in [5, 5.41) is 0. The van der Waals surface area contributed by atoms with Crippen LogP contribution in [-0.4, -0.2) is 41.9 Å². The molecule has 0 aliphatic carbocycles. The fourth-order valence-corrected chi connectivity index (χ4v) is 2.42. The maximum absolute atomic E-state index is 11.4. The standard InChI is InChI=1S/C15H26N2O/c1-5-8-15(13(3)6-2)17-10-7-9-16(11-12-17)14(4)18/h5H,1,6-12H2,2-4H3/b15-13+. The first-order valence-corrected chi connectivity index (χ1v) is 6.90. The molecule has 0 aromatic rings. The second-order valence-corrected chi connectivity index (χ2v) is 4.92. The van der Waals surface area contributed by atoms with E-state index in [4.69, 9.17) is 0 Å². The Morgan fingerprint density at radius 3 is 2.33 bits per heavy atom. The van der Waals surface area contributed by atoms with Crippen LogP contribution in [0.5, 0.6) is 0 Å². The van der Waals surface area contributed by atoms with E-state index in [1.165, 1.54) is 11.3 Å². The van der Waals surface area contributed by atoms with Crippen LogP contribution in [0.25, 0.3) is 0 Å². The molecule has 0 aromatic carbocycles. The van der Waals surface area contributed by atoms with E-state index in [0.29, 0.717) is 0 Å². The van der Waals surface area contributed by atoms with E-state index in [-0.39, 0.29) is 5.91 Å². The van der Waals surface area contributed by atoms with Gasteiger partial charge in [0.15, 0.2) is 0 Å². The Morgan fingerprint density at radius 1 is 1.17 bits per heavy atom. The van der Waals surface area contributed by atoms with Gasteiger partial charge >= 0.3 is 0 Å². The van der Waals surface area contributed by atoms with E-state index in [1.807, 2.05) is 11.0 Å². The second kappa shape index (κ2) is 7.24. The van der Waals surface area contributed by atoms with Crippen molar-refractivity contribution in [2.45, 2.75) is 40.0 Å². The van der Waals surface area contributed by atoms with Crippen LogP contribution in [0.2, 0.25) is 0 Å². The topological polar surface area (TPSA) is 23.6 Å². The normalized spacial score (nSPS) is 18.2. The summed E-state index contributed by atoms with van der Waals surface area (Å²) in [4.78, 5) is 15.8. The second-order valence-electron chi connectivity index (χ2n) is 4.92. The van der Waals surface area contributed by atoms with Crippen LogP contribution < -0.4 is 0 Å². The summed E-state index contributed by atoms with van der Waals surface area (Å²) in [6.45, 7) is 13.6. The fraction of sp³-hybridized carbons (Fsp3) is 0.667. The molecule has 3 nitrogen and oxygen atoms in total. The highest BCUT2D eigenvalue weighted by Gasteiger charge is 2.18. The summed E-state index contributed by atoms with van der Waals surface area (Å²) in [6, 6.07) is 0. The molecule has 1 aliphatic rings. The van der Waals surface area contributed by atoms with Crippen molar-refractivity contribution in [2.24, 2.45) is 0 Å². The third-order valence-electron chi connectivity index (χ3n) is 3.68. The Balaban J connectivity index is 2.76. The largest absolute Gasteiger partial charge is 0.373 e. The van der Waals surface area contributed by atoms with Gasteiger partial charge < -0.3 is 9.80 Å². The lowest BCUT2D eigenvalue weighted by Gasteiger charge is -2.27. The van der Waals surface area contributed by atoms with E-state index in [1.54, 1.807) is 6.92 Å². The number of nitrogens with zero attached hydrogens (tertiary/aromatic N) is 2. The molecule has 0 N–H and O–H groups in total. The Labute approximate surface area is 111 Å². The van der Waals surface area contributed by atoms with Gasteiger partial charge in [0.25, 0.3) is 0 Å². The zero-order valence-electron chi connectivity index (χ0n) is 12.0. The molecule has 102 valence electrons. The smallest absolute Gasteiger partial charge is 0.219 e. The molecule has 0 atom stereocenters. The van der Waals surface area contributed by atoms with Crippen LogP contribution in [0, 0.1) is 0 Å². The van der Waals surface area contributed by atoms with Gasteiger partial charge in [0.05, 0.1) is 0 Å². The average molecular weight is 250 g/mol. The lowest BCUT2D eigenvalue weighted by molar-refractivity contribution is -0.128. The summed E-state index contributed by atoms with van der Waals surface area (Å²) in [5.41, 5.74) is 2.84. The van der Waals surface area contributed by atoms with Crippen molar-refractivity contribution in [2.75, 3.05) is 26.2 Å². The molecule has 1 aliphatic heterocycles. The number of allylic oxidation sites excluding steroid dienone is 2. The van der Waals surface area contributed by atoms with E-state index < -0.39 is 0 Å². The van der Waals surface area contributed by atoms with Crippen molar-refractivity contribution < 1.29 is 4.79 Å². The molecule has 3 heteroatoms. The van der Waals surface area contributed by atoms with Crippen LogP contribution >= 0.6 is 0 Å². The first-order valence-electron chi connectivity index (χ1n) is 6.90. The first kappa shape index (κ1) is 14.8. The summed E-state index contributed by atoms with van der Waals surface area (Å²) < 4.78 is 0. The van der Waals surface area contributed by atoms with E-state index in [0.717, 1.165) is 45.4 Å². The van der Waals surface area contributed by atoms with Gasteiger partial charge in [-0.3, -0.25) is 4.79 Å². The summed E-state index contributed by atoms with van der Waals surface area (Å²) >= 11 is 0. The van der Waals surface area contributed by atoms with Gasteiger partial charge in [-0.05, 0) is 19.8 Å². The van der Waals surface area contributed by atoms with Crippen molar-refractivity contribution in [3.05, 3.63) is 23.9 Å². The molecule has 1 saturated heterocycles. The predicted octanol–water partition coefficient (Wildman–Crippen LogP) is 2.80. The molecule has 1 fully saturated rings. The van der Waals surface area contributed by atoms with Crippen LogP contribution in [0.1, 0.15) is 40.0 Å². The van der Waals surface area contributed by atoms with Gasteiger partial charge in [-0.1, -0.05) is 18.6 Å². The van der Waals surface area contributed by atoms with Crippen molar-refractivity contribution >= 4 is 5.91 Å². The zero-order valence-corrected chi connectivity index (χ0v) is 12.0. The van der Waals surface area contributed by atoms with Gasteiger partial charge in [-0.15, -0.1) is 6.58 Å². The van der Waals surface area contributed by atoms with Crippen molar-refractivity contribution in [1.82, 2.24) is 9.80 Å². The molecule has 0 saturated carbocycles. The molecule has 1 heterocycles. The minimum absolute atomic E-state index is 0.193. The lowest BCUT2D eigenvalue weighted by atomic mass is 10.1. The van der Waals surface area contributed by atoms with Gasteiger partial charge in [-0.25, -0.2) is 0 Å². The molecule has 0 spiro atoms. The number of carbonyl (C=O) groups is 1. The third kappa shape index (κ3) is 3.90. The summed E-state index contributed by atoms with van der Waals surface area (Å²) in [7, 11) is 0. The SMILES string of the molecule is C=CC/C(=C(/C)CC)N1CCCN(C(C)=O)CC1. The van der Waals surface area contributed by atoms with Crippen LogP contribution in [-0.2, 0) is 4.79 Å². The molecule has 0 bridgehead atoms. The highest BCUT2D eigenvalue weighted by atomic mass is 16.2. The molecular formula is C15H26N2O. The minimum atomic E-state index is 0.193. The van der Waals surface area contributed by atoms with E-state index in [2.05, 4.69) is 25.3 Å². The molecule has 0 unspecified atom stereocenters. The quantitative estimate of drug-likeness (QED) is 0.716. The molecule has 1 rings (SSSR count). The molecule has 18 heavy (non-hydrogen) atoms. The Bertz CT molecular complexity index is 333. The zero-order chi connectivity index (χ0) is 13.5. The third-order valence-corrected chi connectivity index (χ3v) is 3.68. The molecule has 0 aromatic heterocycles. The number of hydrogen-bond donors (Lipinski definition) is 0. The first-order chi connectivity index (χ1) is 8.60. The van der Waals surface area contributed by atoms with Crippen molar-refractivity contribution in [3.63, 3.8) is 0 Å². The van der Waals surface area contributed by atoms with Crippen LogP contribution in [0.15, 0.2) is 23.9 Å². The number of carbonyl (C=O) groups excluding carboxylic acids is 1. The molecular weight excluding hydrogens is 224 g/mol. The number of hydrogen-bond acceptors (Lipinski definition) is 2. The minimum Gasteiger partial charge on any atom is -0.373 e. The lowest BCUT2D eigenvalue weighted by Crippen LogP contribution is -2.33. The van der Waals surface area contributed by atoms with Gasteiger partial charge in [0, 0.05) is 45.2 Å². The van der Waals surface area contributed by atoms with Crippen molar-refractivity contribution in [1.29, 1.82) is 0 Å².